The van der Waals surface area contributed by atoms with E-state index in [0.29, 0.717) is 23.5 Å². The molecule has 148 valence electrons. The number of hydrogen-bond donors (Lipinski definition) is 3. The van der Waals surface area contributed by atoms with Gasteiger partial charge in [-0.15, -0.1) is 0 Å². The molecule has 1 aliphatic rings. The second kappa shape index (κ2) is 7.39. The van der Waals surface area contributed by atoms with Crippen LogP contribution in [0.3, 0.4) is 0 Å². The third-order valence-corrected chi connectivity index (χ3v) is 5.63. The van der Waals surface area contributed by atoms with Gasteiger partial charge >= 0.3 is 12.0 Å². The average Bonchev–Trinajstić information content (AvgIpc) is 2.62. The first-order valence-electron chi connectivity index (χ1n) is 8.26. The highest BCUT2D eigenvalue weighted by Gasteiger charge is 2.23. The van der Waals surface area contributed by atoms with E-state index in [0.717, 1.165) is 5.56 Å². The molecule has 10 heteroatoms. The third-order valence-electron chi connectivity index (χ3n) is 4.23. The van der Waals surface area contributed by atoms with Gasteiger partial charge in [-0.2, -0.15) is 0 Å². The lowest BCUT2D eigenvalue weighted by Crippen LogP contribution is -2.35. The number of carbonyl (C=O) groups excluding carboxylic acids is 1. The fourth-order valence-electron chi connectivity index (χ4n) is 2.87. The molecule has 2 aromatic carbocycles. The Balaban J connectivity index is 1.93. The number of carboxylic acid groups (broad SMARTS) is 1. The topological polar surface area (TPSA) is 125 Å². The quantitative estimate of drug-likeness (QED) is 0.676. The largest absolute Gasteiger partial charge is 0.495 e. The van der Waals surface area contributed by atoms with E-state index in [1.54, 1.807) is 19.2 Å². The number of benzene rings is 2. The van der Waals surface area contributed by atoms with Crippen LogP contribution in [0.1, 0.15) is 11.1 Å². The Morgan fingerprint density at radius 2 is 2.04 bits per heavy atom. The number of anilines is 2. The van der Waals surface area contributed by atoms with Gasteiger partial charge in [0, 0.05) is 25.0 Å². The fraction of sp³-hybridized carbons (Fsp3) is 0.222. The molecule has 0 aliphatic carbocycles. The first-order chi connectivity index (χ1) is 13.2. The average molecular weight is 405 g/mol. The van der Waals surface area contributed by atoms with E-state index in [-0.39, 0.29) is 23.1 Å². The zero-order valence-corrected chi connectivity index (χ0v) is 16.0. The summed E-state index contributed by atoms with van der Waals surface area (Å²) in [5.41, 5.74) is 2.03. The molecule has 3 rings (SSSR count). The smallest absolute Gasteiger partial charge is 0.321 e. The van der Waals surface area contributed by atoms with Gasteiger partial charge in [-0.05, 0) is 41.5 Å². The monoisotopic (exact) mass is 405 g/mol. The van der Waals surface area contributed by atoms with Gasteiger partial charge in [0.1, 0.15) is 10.6 Å². The van der Waals surface area contributed by atoms with Crippen molar-refractivity contribution in [2.24, 2.45) is 0 Å². The summed E-state index contributed by atoms with van der Waals surface area (Å²) in [6.45, 7) is 0.341. The van der Waals surface area contributed by atoms with Crippen LogP contribution < -0.4 is 14.8 Å². The van der Waals surface area contributed by atoms with Crippen molar-refractivity contribution in [1.82, 2.24) is 4.90 Å². The van der Waals surface area contributed by atoms with Crippen LogP contribution in [-0.4, -0.2) is 44.6 Å². The van der Waals surface area contributed by atoms with E-state index in [9.17, 15) is 18.0 Å². The molecule has 2 amide bonds. The molecule has 0 bridgehead atoms. The lowest BCUT2D eigenvalue weighted by Gasteiger charge is -2.26. The molecular formula is C18H19N3O6S. The summed E-state index contributed by atoms with van der Waals surface area (Å²) in [7, 11) is -1.07. The summed E-state index contributed by atoms with van der Waals surface area (Å²) in [6.07, 6.45) is -0.308. The molecule has 9 nitrogen and oxygen atoms in total. The van der Waals surface area contributed by atoms with Gasteiger partial charge < -0.3 is 20.1 Å². The van der Waals surface area contributed by atoms with Crippen molar-refractivity contribution in [2.75, 3.05) is 24.2 Å². The van der Waals surface area contributed by atoms with Crippen LogP contribution in [0.4, 0.5) is 16.2 Å². The number of ether oxygens (including phenoxy) is 1. The van der Waals surface area contributed by atoms with Gasteiger partial charge in [-0.3, -0.25) is 9.52 Å². The van der Waals surface area contributed by atoms with Crippen molar-refractivity contribution in [3.8, 4) is 5.75 Å². The zero-order valence-electron chi connectivity index (χ0n) is 15.2. The molecule has 0 saturated heterocycles. The normalized spacial score (nSPS) is 13.5. The molecular weight excluding hydrogens is 386 g/mol. The molecule has 28 heavy (non-hydrogen) atoms. The Kier molecular flexibility index (Phi) is 5.14. The van der Waals surface area contributed by atoms with Crippen LogP contribution in [0.2, 0.25) is 0 Å². The number of nitrogens with one attached hydrogen (secondary N) is 2. The van der Waals surface area contributed by atoms with Gasteiger partial charge in [0.15, 0.2) is 0 Å². The Morgan fingerprint density at radius 1 is 1.29 bits per heavy atom. The van der Waals surface area contributed by atoms with Crippen molar-refractivity contribution in [2.45, 2.75) is 17.9 Å². The SMILES string of the molecule is COc1ccc(CC(=O)O)cc1S(=O)(=O)Nc1ccc2c(c1)CN(C)C(=O)N2. The molecule has 0 aromatic heterocycles. The number of sulfonamides is 1. The fourth-order valence-corrected chi connectivity index (χ4v) is 4.14. The summed E-state index contributed by atoms with van der Waals surface area (Å²) in [5, 5.41) is 11.7. The minimum atomic E-state index is -4.03. The molecule has 0 unspecified atom stereocenters. The number of fused-ring (bicyclic) bond motifs is 1. The van der Waals surface area contributed by atoms with Gasteiger partial charge in [0.05, 0.1) is 13.5 Å². The minimum Gasteiger partial charge on any atom is -0.495 e. The minimum absolute atomic E-state index is 0.103. The number of aliphatic carboxylic acids is 1. The number of carbonyl (C=O) groups is 2. The highest BCUT2D eigenvalue weighted by molar-refractivity contribution is 7.92. The van der Waals surface area contributed by atoms with Crippen LogP contribution in [0.25, 0.3) is 0 Å². The predicted octanol–water partition coefficient (Wildman–Crippen LogP) is 2.10. The molecule has 2 aromatic rings. The van der Waals surface area contributed by atoms with Gasteiger partial charge in [-0.1, -0.05) is 6.07 Å². The number of nitrogens with zero attached hydrogens (tertiary/aromatic N) is 1. The summed E-state index contributed by atoms with van der Waals surface area (Å²) in [5.74, 6) is -0.964. The van der Waals surface area contributed by atoms with Gasteiger partial charge in [0.2, 0.25) is 0 Å². The number of hydrogen-bond acceptors (Lipinski definition) is 5. The molecule has 0 spiro atoms. The van der Waals surface area contributed by atoms with Crippen molar-refractivity contribution in [3.63, 3.8) is 0 Å². The number of carboxylic acids is 1. The molecule has 0 fully saturated rings. The van der Waals surface area contributed by atoms with E-state index in [1.165, 1.54) is 36.3 Å². The molecule has 3 N–H and O–H groups in total. The summed E-state index contributed by atoms with van der Waals surface area (Å²) in [4.78, 5) is 23.9. The highest BCUT2D eigenvalue weighted by atomic mass is 32.2. The lowest BCUT2D eigenvalue weighted by molar-refractivity contribution is -0.136. The van der Waals surface area contributed by atoms with Crippen LogP contribution in [0, 0.1) is 0 Å². The Bertz CT molecular complexity index is 1050. The third kappa shape index (κ3) is 4.01. The van der Waals surface area contributed by atoms with E-state index in [2.05, 4.69) is 10.0 Å². The van der Waals surface area contributed by atoms with Gasteiger partial charge in [-0.25, -0.2) is 13.2 Å². The number of rotatable bonds is 6. The Hall–Kier alpha value is -3.27. The molecule has 0 radical (unpaired) electrons. The number of urea groups is 1. The number of methoxy groups -OCH3 is 1. The number of amides is 2. The standard InChI is InChI=1S/C18H19N3O6S/c1-21-10-12-9-13(4-5-14(12)19-18(21)24)20-28(25,26)16-7-11(8-17(22)23)3-6-15(16)27-2/h3-7,9,20H,8,10H2,1-2H3,(H,19,24)(H,22,23). The Morgan fingerprint density at radius 3 is 2.71 bits per heavy atom. The van der Waals surface area contributed by atoms with Gasteiger partial charge in [0.25, 0.3) is 10.0 Å². The van der Waals surface area contributed by atoms with E-state index < -0.39 is 16.0 Å². The second-order valence-electron chi connectivity index (χ2n) is 6.32. The lowest BCUT2D eigenvalue weighted by atomic mass is 10.1. The van der Waals surface area contributed by atoms with Crippen LogP contribution in [0.15, 0.2) is 41.3 Å². The first kappa shape index (κ1) is 19.5. The van der Waals surface area contributed by atoms with Crippen molar-refractivity contribution in [1.29, 1.82) is 0 Å². The molecule has 1 heterocycles. The van der Waals surface area contributed by atoms with Crippen molar-refractivity contribution >= 4 is 33.4 Å². The van der Waals surface area contributed by atoms with E-state index in [1.807, 2.05) is 0 Å². The van der Waals surface area contributed by atoms with E-state index >= 15 is 0 Å². The second-order valence-corrected chi connectivity index (χ2v) is 7.97. The summed E-state index contributed by atoms with van der Waals surface area (Å²) < 4.78 is 33.4. The van der Waals surface area contributed by atoms with Crippen molar-refractivity contribution < 1.29 is 27.9 Å². The van der Waals surface area contributed by atoms with Crippen LogP contribution >= 0.6 is 0 Å². The molecule has 1 aliphatic heterocycles. The summed E-state index contributed by atoms with van der Waals surface area (Å²) in [6, 6.07) is 8.76. The maximum Gasteiger partial charge on any atom is 0.321 e. The first-order valence-corrected chi connectivity index (χ1v) is 9.74. The van der Waals surface area contributed by atoms with Crippen LogP contribution in [-0.2, 0) is 27.8 Å². The highest BCUT2D eigenvalue weighted by Crippen LogP contribution is 2.30. The maximum atomic E-state index is 12.9. The van der Waals surface area contributed by atoms with Crippen molar-refractivity contribution in [3.05, 3.63) is 47.5 Å². The maximum absolute atomic E-state index is 12.9. The van der Waals surface area contributed by atoms with Crippen LogP contribution in [0.5, 0.6) is 5.75 Å². The Labute approximate surface area is 162 Å². The zero-order chi connectivity index (χ0) is 20.5. The molecule has 0 saturated carbocycles. The molecule has 0 atom stereocenters. The van der Waals surface area contributed by atoms with E-state index in [4.69, 9.17) is 9.84 Å². The summed E-state index contributed by atoms with van der Waals surface area (Å²) >= 11 is 0. The predicted molar refractivity (Wildman–Crippen MR) is 102 cm³/mol.